The van der Waals surface area contributed by atoms with Crippen molar-refractivity contribution < 1.29 is 4.74 Å². The molecule has 15 heavy (non-hydrogen) atoms. The first-order chi connectivity index (χ1) is 7.24. The fourth-order valence-electron chi connectivity index (χ4n) is 1.25. The molecule has 1 atom stereocenters. The Bertz CT molecular complexity index is 264. The van der Waals surface area contributed by atoms with Crippen LogP contribution in [0.3, 0.4) is 0 Å². The Labute approximate surface area is 97.6 Å². The highest BCUT2D eigenvalue weighted by atomic mass is 32.1. The first-order valence-corrected chi connectivity index (χ1v) is 5.76. The number of thiol groups is 1. The van der Waals surface area contributed by atoms with Gasteiger partial charge in [0.15, 0.2) is 0 Å². The van der Waals surface area contributed by atoms with Crippen molar-refractivity contribution in [2.75, 3.05) is 26.5 Å². The second kappa shape index (κ2) is 6.88. The van der Waals surface area contributed by atoms with Crippen LogP contribution in [0.5, 0.6) is 0 Å². The van der Waals surface area contributed by atoms with Gasteiger partial charge in [-0.25, -0.2) is 0 Å². The Balaban J connectivity index is 2.27. The molecule has 0 amide bonds. The van der Waals surface area contributed by atoms with E-state index in [1.807, 2.05) is 32.3 Å². The maximum Gasteiger partial charge on any atom is 0.0717 e. The molecule has 3 heteroatoms. The van der Waals surface area contributed by atoms with Crippen LogP contribution in [0.2, 0.25) is 0 Å². The summed E-state index contributed by atoms with van der Waals surface area (Å²) in [5, 5.41) is 0. The monoisotopic (exact) mass is 225 g/mol. The summed E-state index contributed by atoms with van der Waals surface area (Å²) in [5.41, 5.74) is 1.22. The molecule has 0 aliphatic rings. The summed E-state index contributed by atoms with van der Waals surface area (Å²) in [7, 11) is 4.10. The smallest absolute Gasteiger partial charge is 0.0717 e. The molecule has 0 saturated heterocycles. The Morgan fingerprint density at radius 2 is 1.93 bits per heavy atom. The number of hydrogen-bond acceptors (Lipinski definition) is 3. The SMILES string of the molecule is CN(C)[C@@H](CS)COCc1ccccc1. The fraction of sp³-hybridized carbons (Fsp3) is 0.500. The van der Waals surface area contributed by atoms with Gasteiger partial charge < -0.3 is 9.64 Å². The lowest BCUT2D eigenvalue weighted by Gasteiger charge is -2.22. The molecule has 0 spiro atoms. The minimum atomic E-state index is 0.386. The molecule has 1 aromatic rings. The number of ether oxygens (including phenoxy) is 1. The van der Waals surface area contributed by atoms with E-state index in [0.717, 1.165) is 12.4 Å². The van der Waals surface area contributed by atoms with E-state index in [0.29, 0.717) is 12.6 Å². The van der Waals surface area contributed by atoms with E-state index in [1.54, 1.807) is 0 Å². The third kappa shape index (κ3) is 4.69. The van der Waals surface area contributed by atoms with Crippen LogP contribution in [-0.2, 0) is 11.3 Å². The molecule has 1 aromatic carbocycles. The second-order valence-electron chi connectivity index (χ2n) is 3.80. The number of benzene rings is 1. The van der Waals surface area contributed by atoms with E-state index in [4.69, 9.17) is 4.74 Å². The van der Waals surface area contributed by atoms with Gasteiger partial charge in [0.1, 0.15) is 0 Å². The largest absolute Gasteiger partial charge is 0.375 e. The van der Waals surface area contributed by atoms with Crippen molar-refractivity contribution in [2.24, 2.45) is 0 Å². The van der Waals surface area contributed by atoms with Crippen LogP contribution in [0.1, 0.15) is 5.56 Å². The van der Waals surface area contributed by atoms with E-state index >= 15 is 0 Å². The van der Waals surface area contributed by atoms with Gasteiger partial charge in [-0.05, 0) is 19.7 Å². The van der Waals surface area contributed by atoms with Crippen molar-refractivity contribution in [2.45, 2.75) is 12.6 Å². The van der Waals surface area contributed by atoms with E-state index < -0.39 is 0 Å². The lowest BCUT2D eigenvalue weighted by atomic mass is 10.2. The number of nitrogens with zero attached hydrogens (tertiary/aromatic N) is 1. The molecule has 0 aliphatic carbocycles. The van der Waals surface area contributed by atoms with E-state index in [-0.39, 0.29) is 0 Å². The molecule has 0 aromatic heterocycles. The zero-order valence-corrected chi connectivity index (χ0v) is 10.3. The lowest BCUT2D eigenvalue weighted by molar-refractivity contribution is 0.0767. The van der Waals surface area contributed by atoms with Crippen molar-refractivity contribution >= 4 is 12.6 Å². The lowest BCUT2D eigenvalue weighted by Crippen LogP contribution is -2.33. The van der Waals surface area contributed by atoms with Crippen molar-refractivity contribution in [1.82, 2.24) is 4.90 Å². The topological polar surface area (TPSA) is 12.5 Å². The van der Waals surface area contributed by atoms with Gasteiger partial charge in [0.2, 0.25) is 0 Å². The predicted octanol–water partition coefficient (Wildman–Crippen LogP) is 2.06. The Hall–Kier alpha value is -0.510. The molecule has 0 radical (unpaired) electrons. The van der Waals surface area contributed by atoms with E-state index in [1.165, 1.54) is 5.56 Å². The molecule has 0 bridgehead atoms. The summed E-state index contributed by atoms with van der Waals surface area (Å²) in [4.78, 5) is 2.14. The summed E-state index contributed by atoms with van der Waals surface area (Å²) < 4.78 is 5.64. The third-order valence-electron chi connectivity index (χ3n) is 2.36. The highest BCUT2D eigenvalue weighted by Gasteiger charge is 2.08. The summed E-state index contributed by atoms with van der Waals surface area (Å²) in [6.45, 7) is 1.41. The minimum Gasteiger partial charge on any atom is -0.375 e. The van der Waals surface area contributed by atoms with Gasteiger partial charge in [-0.3, -0.25) is 0 Å². The van der Waals surface area contributed by atoms with Gasteiger partial charge in [0.25, 0.3) is 0 Å². The van der Waals surface area contributed by atoms with Crippen molar-refractivity contribution in [1.29, 1.82) is 0 Å². The fourth-order valence-corrected chi connectivity index (χ4v) is 1.68. The Morgan fingerprint density at radius 1 is 1.27 bits per heavy atom. The first-order valence-electron chi connectivity index (χ1n) is 5.13. The van der Waals surface area contributed by atoms with Crippen LogP contribution >= 0.6 is 12.6 Å². The normalized spacial score (nSPS) is 13.1. The number of hydrogen-bond donors (Lipinski definition) is 1. The Morgan fingerprint density at radius 3 is 2.47 bits per heavy atom. The van der Waals surface area contributed by atoms with Crippen molar-refractivity contribution in [3.8, 4) is 0 Å². The average molecular weight is 225 g/mol. The molecule has 2 nitrogen and oxygen atoms in total. The van der Waals surface area contributed by atoms with Gasteiger partial charge in [-0.1, -0.05) is 30.3 Å². The van der Waals surface area contributed by atoms with Gasteiger partial charge in [0.05, 0.1) is 13.2 Å². The molecule has 0 heterocycles. The van der Waals surface area contributed by atoms with Crippen LogP contribution < -0.4 is 0 Å². The van der Waals surface area contributed by atoms with Crippen LogP contribution in [0.4, 0.5) is 0 Å². The molecular weight excluding hydrogens is 206 g/mol. The number of likely N-dealkylation sites (N-methyl/N-ethyl adjacent to an activating group) is 1. The van der Waals surface area contributed by atoms with Crippen LogP contribution in [0.25, 0.3) is 0 Å². The molecule has 0 aliphatic heterocycles. The first kappa shape index (κ1) is 12.6. The van der Waals surface area contributed by atoms with Crippen molar-refractivity contribution in [3.63, 3.8) is 0 Å². The summed E-state index contributed by atoms with van der Waals surface area (Å²) >= 11 is 4.29. The molecular formula is C12H19NOS. The standard InChI is InChI=1S/C12H19NOS/c1-13(2)12(10-15)9-14-8-11-6-4-3-5-7-11/h3-7,12,15H,8-10H2,1-2H3/t12-/m1/s1. The third-order valence-corrected chi connectivity index (χ3v) is 2.78. The van der Waals surface area contributed by atoms with E-state index in [2.05, 4.69) is 29.7 Å². The minimum absolute atomic E-state index is 0.386. The molecule has 0 saturated carbocycles. The Kier molecular flexibility index (Phi) is 5.76. The molecule has 0 unspecified atom stereocenters. The van der Waals surface area contributed by atoms with Gasteiger partial charge in [-0.15, -0.1) is 0 Å². The molecule has 0 N–H and O–H groups in total. The summed E-state index contributed by atoms with van der Waals surface area (Å²) in [6.07, 6.45) is 0. The molecule has 84 valence electrons. The quantitative estimate of drug-likeness (QED) is 0.744. The molecule has 0 fully saturated rings. The summed E-state index contributed by atoms with van der Waals surface area (Å²) in [5.74, 6) is 0.821. The predicted molar refractivity (Wildman–Crippen MR) is 67.4 cm³/mol. The maximum atomic E-state index is 5.64. The summed E-state index contributed by atoms with van der Waals surface area (Å²) in [6, 6.07) is 10.6. The van der Waals surface area contributed by atoms with Crippen LogP contribution in [0.15, 0.2) is 30.3 Å². The maximum absolute atomic E-state index is 5.64. The average Bonchev–Trinajstić information content (AvgIpc) is 2.25. The number of rotatable bonds is 6. The highest BCUT2D eigenvalue weighted by Crippen LogP contribution is 2.03. The van der Waals surface area contributed by atoms with Crippen LogP contribution in [0, 0.1) is 0 Å². The zero-order chi connectivity index (χ0) is 11.1. The van der Waals surface area contributed by atoms with Gasteiger partial charge in [-0.2, -0.15) is 12.6 Å². The zero-order valence-electron chi connectivity index (χ0n) is 9.39. The second-order valence-corrected chi connectivity index (χ2v) is 4.17. The van der Waals surface area contributed by atoms with Crippen molar-refractivity contribution in [3.05, 3.63) is 35.9 Å². The molecule has 1 rings (SSSR count). The highest BCUT2D eigenvalue weighted by molar-refractivity contribution is 7.80. The van der Waals surface area contributed by atoms with Gasteiger partial charge in [0, 0.05) is 11.8 Å². The van der Waals surface area contributed by atoms with E-state index in [9.17, 15) is 0 Å². The van der Waals surface area contributed by atoms with Crippen LogP contribution in [-0.4, -0.2) is 37.4 Å². The van der Waals surface area contributed by atoms with Gasteiger partial charge >= 0.3 is 0 Å².